The second kappa shape index (κ2) is 6.66. The summed E-state index contributed by atoms with van der Waals surface area (Å²) in [4.78, 5) is 2.34. The summed E-state index contributed by atoms with van der Waals surface area (Å²) in [5.74, 6) is 0. The number of hydrogen-bond donors (Lipinski definition) is 2. The van der Waals surface area contributed by atoms with Gasteiger partial charge in [0, 0.05) is 12.6 Å². The van der Waals surface area contributed by atoms with E-state index in [9.17, 15) is 0 Å². The number of halogens is 1. The Bertz CT molecular complexity index is 102. The van der Waals surface area contributed by atoms with Gasteiger partial charge in [0.1, 0.15) is 0 Å². The van der Waals surface area contributed by atoms with Gasteiger partial charge in [-0.3, -0.25) is 0 Å². The van der Waals surface area contributed by atoms with Gasteiger partial charge in [-0.1, -0.05) is 0 Å². The standard InChI is InChI=1S/C8H18N2O.ClH/c1-10-5-2-8(3-6-10)9-4-7-11;/h8-9,11H,2-7H2,1H3;1H. The number of rotatable bonds is 3. The van der Waals surface area contributed by atoms with E-state index in [1.807, 2.05) is 0 Å². The Labute approximate surface area is 80.5 Å². The van der Waals surface area contributed by atoms with Crippen molar-refractivity contribution in [3.63, 3.8) is 0 Å². The fourth-order valence-electron chi connectivity index (χ4n) is 1.48. The van der Waals surface area contributed by atoms with E-state index in [0.29, 0.717) is 6.04 Å². The molecule has 0 spiro atoms. The molecule has 0 atom stereocenters. The third kappa shape index (κ3) is 4.26. The molecule has 0 aromatic carbocycles. The highest BCUT2D eigenvalue weighted by Crippen LogP contribution is 2.07. The van der Waals surface area contributed by atoms with E-state index >= 15 is 0 Å². The lowest BCUT2D eigenvalue weighted by Crippen LogP contribution is -2.41. The van der Waals surface area contributed by atoms with Gasteiger partial charge in [-0.25, -0.2) is 0 Å². The molecule has 12 heavy (non-hydrogen) atoms. The van der Waals surface area contributed by atoms with Crippen LogP contribution in [0.3, 0.4) is 0 Å². The molecule has 0 aromatic heterocycles. The fourth-order valence-corrected chi connectivity index (χ4v) is 1.48. The van der Waals surface area contributed by atoms with E-state index in [1.165, 1.54) is 25.9 Å². The zero-order chi connectivity index (χ0) is 8.10. The summed E-state index contributed by atoms with van der Waals surface area (Å²) in [6, 6.07) is 0.637. The van der Waals surface area contributed by atoms with Gasteiger partial charge in [0.05, 0.1) is 6.61 Å². The predicted octanol–water partition coefficient (Wildman–Crippen LogP) is 0.0843. The molecule has 4 heteroatoms. The van der Waals surface area contributed by atoms with Crippen molar-refractivity contribution in [2.24, 2.45) is 0 Å². The van der Waals surface area contributed by atoms with Crippen LogP contribution in [0.25, 0.3) is 0 Å². The Kier molecular flexibility index (Phi) is 6.76. The summed E-state index contributed by atoms with van der Waals surface area (Å²) < 4.78 is 0. The fraction of sp³-hybridized carbons (Fsp3) is 1.00. The monoisotopic (exact) mass is 194 g/mol. The Morgan fingerprint density at radius 3 is 2.50 bits per heavy atom. The Hall–Kier alpha value is 0.170. The minimum Gasteiger partial charge on any atom is -0.395 e. The van der Waals surface area contributed by atoms with Crippen LogP contribution in [0.4, 0.5) is 0 Å². The molecule has 0 bridgehead atoms. The smallest absolute Gasteiger partial charge is 0.0556 e. The van der Waals surface area contributed by atoms with Crippen molar-refractivity contribution >= 4 is 12.4 Å². The maximum atomic E-state index is 8.58. The number of aliphatic hydroxyl groups excluding tert-OH is 1. The van der Waals surface area contributed by atoms with Gasteiger partial charge in [0.2, 0.25) is 0 Å². The molecule has 1 saturated heterocycles. The van der Waals surface area contributed by atoms with Crippen molar-refractivity contribution in [1.29, 1.82) is 0 Å². The third-order valence-electron chi connectivity index (χ3n) is 2.26. The van der Waals surface area contributed by atoms with Gasteiger partial charge >= 0.3 is 0 Å². The summed E-state index contributed by atoms with van der Waals surface area (Å²) in [5.41, 5.74) is 0. The highest BCUT2D eigenvalue weighted by molar-refractivity contribution is 5.85. The maximum Gasteiger partial charge on any atom is 0.0556 e. The molecule has 0 aliphatic carbocycles. The molecule has 0 unspecified atom stereocenters. The van der Waals surface area contributed by atoms with Crippen molar-refractivity contribution in [2.75, 3.05) is 33.3 Å². The molecular formula is C8H19ClN2O. The Morgan fingerprint density at radius 2 is 2.00 bits per heavy atom. The maximum absolute atomic E-state index is 8.58. The topological polar surface area (TPSA) is 35.5 Å². The van der Waals surface area contributed by atoms with Crippen molar-refractivity contribution in [2.45, 2.75) is 18.9 Å². The highest BCUT2D eigenvalue weighted by atomic mass is 35.5. The summed E-state index contributed by atoms with van der Waals surface area (Å²) in [7, 11) is 2.16. The molecule has 1 heterocycles. The second-order valence-electron chi connectivity index (χ2n) is 3.26. The van der Waals surface area contributed by atoms with Crippen LogP contribution in [0, 0.1) is 0 Å². The van der Waals surface area contributed by atoms with Gasteiger partial charge in [-0.15, -0.1) is 12.4 Å². The van der Waals surface area contributed by atoms with Crippen LogP contribution in [-0.2, 0) is 0 Å². The predicted molar refractivity (Wildman–Crippen MR) is 52.9 cm³/mol. The molecule has 1 aliphatic rings. The first-order valence-corrected chi connectivity index (χ1v) is 4.35. The Balaban J connectivity index is 0.00000121. The molecule has 0 radical (unpaired) electrons. The van der Waals surface area contributed by atoms with Gasteiger partial charge in [-0.05, 0) is 33.0 Å². The molecule has 0 aromatic rings. The largest absolute Gasteiger partial charge is 0.395 e. The van der Waals surface area contributed by atoms with Crippen molar-refractivity contribution in [3.8, 4) is 0 Å². The molecule has 0 amide bonds. The second-order valence-corrected chi connectivity index (χ2v) is 3.26. The normalized spacial score (nSPS) is 20.5. The number of hydrogen-bond acceptors (Lipinski definition) is 3. The van der Waals surface area contributed by atoms with Crippen LogP contribution in [0.15, 0.2) is 0 Å². The van der Waals surface area contributed by atoms with Gasteiger partial charge in [0.15, 0.2) is 0 Å². The number of piperidine rings is 1. The SMILES string of the molecule is CN1CCC(NCCO)CC1.Cl. The first-order chi connectivity index (χ1) is 5.33. The highest BCUT2D eigenvalue weighted by Gasteiger charge is 2.14. The summed E-state index contributed by atoms with van der Waals surface area (Å²) >= 11 is 0. The van der Waals surface area contributed by atoms with Crippen LogP contribution in [0.5, 0.6) is 0 Å². The minimum absolute atomic E-state index is 0. The molecule has 1 fully saturated rings. The van der Waals surface area contributed by atoms with E-state index in [2.05, 4.69) is 17.3 Å². The van der Waals surface area contributed by atoms with E-state index < -0.39 is 0 Å². The third-order valence-corrected chi connectivity index (χ3v) is 2.26. The van der Waals surface area contributed by atoms with Gasteiger partial charge in [-0.2, -0.15) is 0 Å². The summed E-state index contributed by atoms with van der Waals surface area (Å²) in [6.07, 6.45) is 2.44. The Morgan fingerprint density at radius 1 is 1.42 bits per heavy atom. The molecule has 3 nitrogen and oxygen atoms in total. The molecule has 1 aliphatic heterocycles. The number of aliphatic hydroxyl groups is 1. The lowest BCUT2D eigenvalue weighted by molar-refractivity contribution is 0.220. The molecular weight excluding hydrogens is 176 g/mol. The molecule has 2 N–H and O–H groups in total. The van der Waals surface area contributed by atoms with Crippen LogP contribution in [0.2, 0.25) is 0 Å². The van der Waals surface area contributed by atoms with Crippen LogP contribution < -0.4 is 5.32 Å². The van der Waals surface area contributed by atoms with Gasteiger partial charge < -0.3 is 15.3 Å². The number of likely N-dealkylation sites (tertiary alicyclic amines) is 1. The zero-order valence-electron chi connectivity index (χ0n) is 7.62. The van der Waals surface area contributed by atoms with Gasteiger partial charge in [0.25, 0.3) is 0 Å². The lowest BCUT2D eigenvalue weighted by Gasteiger charge is -2.29. The molecule has 1 rings (SSSR count). The van der Waals surface area contributed by atoms with Crippen LogP contribution in [0.1, 0.15) is 12.8 Å². The van der Waals surface area contributed by atoms with E-state index in [4.69, 9.17) is 5.11 Å². The zero-order valence-corrected chi connectivity index (χ0v) is 8.44. The van der Waals surface area contributed by atoms with E-state index in [1.54, 1.807) is 0 Å². The summed E-state index contributed by atoms with van der Waals surface area (Å²) in [6.45, 7) is 3.37. The summed E-state index contributed by atoms with van der Waals surface area (Å²) in [5, 5.41) is 11.9. The average molecular weight is 195 g/mol. The molecule has 74 valence electrons. The first-order valence-electron chi connectivity index (χ1n) is 4.35. The van der Waals surface area contributed by atoms with Crippen molar-refractivity contribution < 1.29 is 5.11 Å². The first kappa shape index (κ1) is 12.2. The molecule has 0 saturated carbocycles. The number of nitrogens with zero attached hydrogens (tertiary/aromatic N) is 1. The van der Waals surface area contributed by atoms with Crippen LogP contribution in [-0.4, -0.2) is 49.3 Å². The van der Waals surface area contributed by atoms with Crippen LogP contribution >= 0.6 is 12.4 Å². The average Bonchev–Trinajstić information content (AvgIpc) is 2.04. The lowest BCUT2D eigenvalue weighted by atomic mass is 10.1. The van der Waals surface area contributed by atoms with E-state index in [0.717, 1.165) is 6.54 Å². The van der Waals surface area contributed by atoms with Crippen molar-refractivity contribution in [3.05, 3.63) is 0 Å². The van der Waals surface area contributed by atoms with Crippen molar-refractivity contribution in [1.82, 2.24) is 10.2 Å². The van der Waals surface area contributed by atoms with E-state index in [-0.39, 0.29) is 19.0 Å². The number of nitrogens with one attached hydrogen (secondary N) is 1. The minimum atomic E-state index is 0. The quantitative estimate of drug-likeness (QED) is 0.669.